The molecule has 0 spiro atoms. The van der Waals surface area contributed by atoms with Gasteiger partial charge in [0.05, 0.1) is 23.3 Å². The maximum absolute atomic E-state index is 11.4. The van der Waals surface area contributed by atoms with E-state index in [4.69, 9.17) is 16.3 Å². The summed E-state index contributed by atoms with van der Waals surface area (Å²) in [6.07, 6.45) is -0.0657. The molecule has 2 N–H and O–H groups in total. The Morgan fingerprint density at radius 2 is 2.15 bits per heavy atom. The summed E-state index contributed by atoms with van der Waals surface area (Å²) in [6.45, 7) is 2.26. The second-order valence-electron chi connectivity index (χ2n) is 6.04. The third-order valence-corrected chi connectivity index (χ3v) is 7.09. The minimum atomic E-state index is -0.899. The molecule has 0 unspecified atom stereocenters. The lowest BCUT2D eigenvalue weighted by Crippen LogP contribution is -2.26. The summed E-state index contributed by atoms with van der Waals surface area (Å²) in [5.41, 5.74) is 1.41. The Kier molecular flexibility index (Phi) is 7.22. The van der Waals surface area contributed by atoms with E-state index in [0.717, 1.165) is 37.9 Å². The molecule has 0 bridgehead atoms. The zero-order valence-electron chi connectivity index (χ0n) is 14.0. The van der Waals surface area contributed by atoms with Crippen LogP contribution in [0.5, 0.6) is 0 Å². The number of hydrogen-bond donors (Lipinski definition) is 2. The van der Waals surface area contributed by atoms with Crippen LogP contribution in [-0.4, -0.2) is 36.5 Å². The lowest BCUT2D eigenvalue weighted by molar-refractivity contribution is 0.0374. The van der Waals surface area contributed by atoms with Crippen molar-refractivity contribution in [3.63, 3.8) is 0 Å². The van der Waals surface area contributed by atoms with Crippen molar-refractivity contribution in [3.8, 4) is 0 Å². The molecule has 1 aliphatic rings. The smallest absolute Gasteiger partial charge is 0.336 e. The molecule has 1 fully saturated rings. The number of hydrogen-bond acceptors (Lipinski definition) is 4. The monoisotopic (exact) mass is 503 g/mol. The van der Waals surface area contributed by atoms with E-state index >= 15 is 0 Å². The van der Waals surface area contributed by atoms with Gasteiger partial charge in [-0.1, -0.05) is 29.8 Å². The van der Waals surface area contributed by atoms with Gasteiger partial charge in [0.15, 0.2) is 0 Å². The predicted octanol–water partition coefficient (Wildman–Crippen LogP) is 4.71. The molecule has 4 nitrogen and oxygen atoms in total. The maximum Gasteiger partial charge on any atom is 0.336 e. The number of aromatic carboxylic acids is 1. The number of carbonyl (C=O) groups is 1. The first kappa shape index (κ1) is 19.9. The van der Waals surface area contributed by atoms with E-state index in [1.165, 1.54) is 0 Å². The van der Waals surface area contributed by atoms with Crippen LogP contribution in [0.1, 0.15) is 22.0 Å². The van der Waals surface area contributed by atoms with Crippen LogP contribution in [0.15, 0.2) is 47.4 Å². The summed E-state index contributed by atoms with van der Waals surface area (Å²) < 4.78 is 7.12. The van der Waals surface area contributed by atoms with Crippen LogP contribution in [-0.2, 0) is 4.74 Å². The molecule has 2 aromatic carbocycles. The molecule has 138 valence electrons. The fourth-order valence-electron chi connectivity index (χ4n) is 2.96. The molecule has 2 aromatic rings. The summed E-state index contributed by atoms with van der Waals surface area (Å²) in [4.78, 5) is 12.2. The number of nitrogens with one attached hydrogen (secondary N) is 1. The van der Waals surface area contributed by atoms with Crippen molar-refractivity contribution in [1.82, 2.24) is 5.32 Å². The summed E-state index contributed by atoms with van der Waals surface area (Å²) in [5, 5.41) is 13.5. The molecular formula is C19H19ClINO3S. The second-order valence-corrected chi connectivity index (χ2v) is 8.67. The van der Waals surface area contributed by atoms with Crippen LogP contribution in [0.3, 0.4) is 0 Å². The average molecular weight is 504 g/mol. The Bertz CT molecular complexity index is 789. The molecular weight excluding hydrogens is 485 g/mol. The second kappa shape index (κ2) is 9.41. The molecule has 1 saturated heterocycles. The number of carboxylic acid groups (broad SMARTS) is 1. The van der Waals surface area contributed by atoms with E-state index in [1.807, 2.05) is 24.3 Å². The van der Waals surface area contributed by atoms with Crippen molar-refractivity contribution in [2.75, 3.05) is 25.4 Å². The van der Waals surface area contributed by atoms with Gasteiger partial charge in [-0.15, -0.1) is 11.8 Å². The molecule has 0 amide bonds. The highest BCUT2D eigenvalue weighted by Gasteiger charge is 2.27. The predicted molar refractivity (Wildman–Crippen MR) is 113 cm³/mol. The van der Waals surface area contributed by atoms with Crippen molar-refractivity contribution >= 4 is 51.9 Å². The Hall–Kier alpha value is -0.800. The van der Waals surface area contributed by atoms with Gasteiger partial charge in [0.25, 0.3) is 0 Å². The Morgan fingerprint density at radius 1 is 1.35 bits per heavy atom. The summed E-state index contributed by atoms with van der Waals surface area (Å²) >= 11 is 10.1. The summed E-state index contributed by atoms with van der Waals surface area (Å²) in [5.74, 6) is 0.0655. The molecule has 7 heteroatoms. The van der Waals surface area contributed by atoms with Gasteiger partial charge in [0.2, 0.25) is 0 Å². The van der Waals surface area contributed by atoms with Crippen LogP contribution in [0.25, 0.3) is 0 Å². The molecule has 1 aliphatic heterocycles. The Morgan fingerprint density at radius 3 is 2.92 bits per heavy atom. The summed E-state index contributed by atoms with van der Waals surface area (Å²) in [7, 11) is 0. The normalized spacial score (nSPS) is 20.5. The highest BCUT2D eigenvalue weighted by molar-refractivity contribution is 14.1. The Balaban J connectivity index is 1.79. The average Bonchev–Trinajstić information content (AvgIpc) is 2.88. The van der Waals surface area contributed by atoms with E-state index in [-0.39, 0.29) is 12.0 Å². The molecule has 1 heterocycles. The van der Waals surface area contributed by atoms with Gasteiger partial charge in [-0.3, -0.25) is 0 Å². The summed E-state index contributed by atoms with van der Waals surface area (Å²) in [6, 6.07) is 13.2. The molecule has 0 aliphatic carbocycles. The van der Waals surface area contributed by atoms with Gasteiger partial charge in [-0.2, -0.15) is 0 Å². The third kappa shape index (κ3) is 4.92. The molecule has 26 heavy (non-hydrogen) atoms. The lowest BCUT2D eigenvalue weighted by Gasteiger charge is -2.25. The van der Waals surface area contributed by atoms with Crippen molar-refractivity contribution in [2.45, 2.75) is 11.0 Å². The van der Waals surface area contributed by atoms with Crippen LogP contribution < -0.4 is 5.32 Å². The first-order chi connectivity index (χ1) is 12.6. The van der Waals surface area contributed by atoms with Crippen LogP contribution >= 0.6 is 46.0 Å². The van der Waals surface area contributed by atoms with Gasteiger partial charge in [0.1, 0.15) is 0 Å². The minimum Gasteiger partial charge on any atom is -0.478 e. The molecule has 2 atom stereocenters. The number of ether oxygens (including phenoxy) is 1. The van der Waals surface area contributed by atoms with Gasteiger partial charge >= 0.3 is 5.97 Å². The van der Waals surface area contributed by atoms with Crippen LogP contribution in [0, 0.1) is 9.49 Å². The number of rotatable bonds is 5. The minimum absolute atomic E-state index is 0.0657. The standard InChI is InChI=1S/C19H19ClINO3S/c20-15-9-12(5-6-16(15)21)18-13(10-22-7-8-25-18)11-26-17-4-2-1-3-14(17)19(23)24/h1-6,9,13,18,22H,7-8,10-11H2,(H,23,24)/t13-,18-/m0/s1. The van der Waals surface area contributed by atoms with Gasteiger partial charge in [0, 0.05) is 33.2 Å². The van der Waals surface area contributed by atoms with E-state index in [2.05, 4.69) is 34.0 Å². The molecule has 3 rings (SSSR count). The Labute approximate surface area is 175 Å². The third-order valence-electron chi connectivity index (χ3n) is 4.25. The van der Waals surface area contributed by atoms with Crippen molar-refractivity contribution in [2.24, 2.45) is 5.92 Å². The van der Waals surface area contributed by atoms with Gasteiger partial charge < -0.3 is 15.2 Å². The highest BCUT2D eigenvalue weighted by atomic mass is 127. The lowest BCUT2D eigenvalue weighted by atomic mass is 9.97. The SMILES string of the molecule is O=C(O)c1ccccc1SC[C@@H]1CNCCO[C@H]1c1ccc(I)c(Cl)c1. The molecule has 0 radical (unpaired) electrons. The van der Waals surface area contributed by atoms with Crippen LogP contribution in [0.4, 0.5) is 0 Å². The van der Waals surface area contributed by atoms with Crippen LogP contribution in [0.2, 0.25) is 5.02 Å². The molecule has 0 aromatic heterocycles. The van der Waals surface area contributed by atoms with E-state index < -0.39 is 5.97 Å². The van der Waals surface area contributed by atoms with Crippen molar-refractivity contribution < 1.29 is 14.6 Å². The van der Waals surface area contributed by atoms with E-state index in [1.54, 1.807) is 23.9 Å². The van der Waals surface area contributed by atoms with E-state index in [9.17, 15) is 9.90 Å². The first-order valence-corrected chi connectivity index (χ1v) is 10.7. The number of thioether (sulfide) groups is 1. The number of halogens is 2. The van der Waals surface area contributed by atoms with Crippen molar-refractivity contribution in [3.05, 3.63) is 62.2 Å². The highest BCUT2D eigenvalue weighted by Crippen LogP contribution is 2.35. The van der Waals surface area contributed by atoms with Crippen molar-refractivity contribution in [1.29, 1.82) is 0 Å². The zero-order chi connectivity index (χ0) is 18.5. The fraction of sp³-hybridized carbons (Fsp3) is 0.316. The largest absolute Gasteiger partial charge is 0.478 e. The maximum atomic E-state index is 11.4. The fourth-order valence-corrected chi connectivity index (χ4v) is 4.66. The first-order valence-electron chi connectivity index (χ1n) is 8.28. The topological polar surface area (TPSA) is 58.6 Å². The zero-order valence-corrected chi connectivity index (χ0v) is 17.7. The van der Waals surface area contributed by atoms with Gasteiger partial charge in [-0.25, -0.2) is 4.79 Å². The number of carboxylic acids is 1. The van der Waals surface area contributed by atoms with Gasteiger partial charge in [-0.05, 0) is 52.4 Å². The quantitative estimate of drug-likeness (QED) is 0.457. The number of benzene rings is 2. The van der Waals surface area contributed by atoms with E-state index in [0.29, 0.717) is 12.2 Å². The molecule has 0 saturated carbocycles.